The van der Waals surface area contributed by atoms with Gasteiger partial charge in [-0.25, -0.2) is 13.1 Å². The van der Waals surface area contributed by atoms with Crippen molar-refractivity contribution in [2.24, 2.45) is 0 Å². The number of hydrogen-bond acceptors (Lipinski definition) is 4. The third kappa shape index (κ3) is 4.12. The molecule has 1 atom stereocenters. The first-order chi connectivity index (χ1) is 11.5. The number of carbonyl (C=O) groups is 1. The number of nitrogens with one attached hydrogen (secondary N) is 2. The molecule has 0 bridgehead atoms. The van der Waals surface area contributed by atoms with E-state index in [0.29, 0.717) is 30.9 Å². The van der Waals surface area contributed by atoms with Gasteiger partial charge in [0, 0.05) is 19.0 Å². The molecule has 2 aromatic rings. The predicted octanol–water partition coefficient (Wildman–Crippen LogP) is 2.04. The predicted molar refractivity (Wildman–Crippen MR) is 89.3 cm³/mol. The Morgan fingerprint density at radius 3 is 2.29 bits per heavy atom. The van der Waals surface area contributed by atoms with Crippen LogP contribution < -0.4 is 14.8 Å². The molecule has 0 saturated carbocycles. The Kier molecular flexibility index (Phi) is 4.82. The maximum atomic E-state index is 12.4. The molecule has 0 spiro atoms. The quantitative estimate of drug-likeness (QED) is 0.868. The average molecular weight is 346 g/mol. The number of hydrogen-bond donors (Lipinski definition) is 2. The lowest BCUT2D eigenvalue weighted by molar-refractivity contribution is -0.122. The highest BCUT2D eigenvalue weighted by molar-refractivity contribution is 7.89. The molecule has 1 aliphatic rings. The molecule has 2 aromatic carbocycles. The summed E-state index contributed by atoms with van der Waals surface area (Å²) >= 11 is 0. The number of sulfonamides is 1. The lowest BCUT2D eigenvalue weighted by Crippen LogP contribution is -2.47. The molecule has 3 rings (SSSR count). The first kappa shape index (κ1) is 16.5. The van der Waals surface area contributed by atoms with Crippen LogP contribution in [0.3, 0.4) is 0 Å². The molecule has 1 fully saturated rings. The smallest absolute Gasteiger partial charge is 0.240 e. The minimum absolute atomic E-state index is 0.0483. The van der Waals surface area contributed by atoms with Crippen LogP contribution >= 0.6 is 0 Å². The van der Waals surface area contributed by atoms with Crippen molar-refractivity contribution < 1.29 is 17.9 Å². The second kappa shape index (κ2) is 7.02. The van der Waals surface area contributed by atoms with Gasteiger partial charge < -0.3 is 10.1 Å². The molecule has 1 amide bonds. The maximum absolute atomic E-state index is 12.4. The summed E-state index contributed by atoms with van der Waals surface area (Å²) in [4.78, 5) is 11.3. The van der Waals surface area contributed by atoms with E-state index in [0.717, 1.165) is 0 Å². The van der Waals surface area contributed by atoms with E-state index >= 15 is 0 Å². The molecule has 0 aromatic heterocycles. The topological polar surface area (TPSA) is 84.5 Å². The highest BCUT2D eigenvalue weighted by Gasteiger charge is 2.24. The van der Waals surface area contributed by atoms with Gasteiger partial charge in [-0.1, -0.05) is 18.2 Å². The molecule has 1 saturated heterocycles. The standard InChI is InChI=1S/C17H18N2O4S/c20-17-11-6-13(12-18-17)19-24(21,22)16-9-7-15(8-10-16)23-14-4-2-1-3-5-14/h1-5,7-10,13,19H,6,11-12H2,(H,18,20)/t13-/m0/s1. The third-order valence-electron chi connectivity index (χ3n) is 3.70. The molecule has 0 aliphatic carbocycles. The van der Waals surface area contributed by atoms with Crippen LogP contribution in [0.1, 0.15) is 12.8 Å². The molecule has 126 valence electrons. The Bertz CT molecular complexity index is 794. The van der Waals surface area contributed by atoms with Crippen molar-refractivity contribution in [3.8, 4) is 11.5 Å². The minimum Gasteiger partial charge on any atom is -0.457 e. The second-order valence-corrected chi connectivity index (χ2v) is 7.26. The van der Waals surface area contributed by atoms with E-state index in [2.05, 4.69) is 10.0 Å². The second-order valence-electron chi connectivity index (χ2n) is 5.55. The first-order valence-electron chi connectivity index (χ1n) is 7.65. The highest BCUT2D eigenvalue weighted by atomic mass is 32.2. The fourth-order valence-corrected chi connectivity index (χ4v) is 3.70. The van der Waals surface area contributed by atoms with Crippen LogP contribution in [-0.4, -0.2) is 26.9 Å². The van der Waals surface area contributed by atoms with Crippen molar-refractivity contribution >= 4 is 15.9 Å². The lowest BCUT2D eigenvalue weighted by Gasteiger charge is -2.23. The molecule has 24 heavy (non-hydrogen) atoms. The van der Waals surface area contributed by atoms with Crippen LogP contribution in [0, 0.1) is 0 Å². The Balaban J connectivity index is 1.66. The van der Waals surface area contributed by atoms with Crippen molar-refractivity contribution in [3.05, 3.63) is 54.6 Å². The van der Waals surface area contributed by atoms with Gasteiger partial charge in [-0.05, 0) is 42.8 Å². The largest absolute Gasteiger partial charge is 0.457 e. The molecule has 2 N–H and O–H groups in total. The molecular formula is C17H18N2O4S. The maximum Gasteiger partial charge on any atom is 0.240 e. The summed E-state index contributed by atoms with van der Waals surface area (Å²) in [6.45, 7) is 0.313. The SMILES string of the molecule is O=C1CC[C@H](NS(=O)(=O)c2ccc(Oc3ccccc3)cc2)CN1. The highest BCUT2D eigenvalue weighted by Crippen LogP contribution is 2.22. The van der Waals surface area contributed by atoms with E-state index in [1.54, 1.807) is 12.1 Å². The third-order valence-corrected chi connectivity index (χ3v) is 5.24. The van der Waals surface area contributed by atoms with Crippen molar-refractivity contribution in [3.63, 3.8) is 0 Å². The van der Waals surface area contributed by atoms with Crippen LogP contribution in [-0.2, 0) is 14.8 Å². The Morgan fingerprint density at radius 1 is 1.00 bits per heavy atom. The average Bonchev–Trinajstić information content (AvgIpc) is 2.58. The van der Waals surface area contributed by atoms with Gasteiger partial charge in [0.15, 0.2) is 0 Å². The summed E-state index contributed by atoms with van der Waals surface area (Å²) in [6, 6.07) is 15.2. The van der Waals surface area contributed by atoms with Gasteiger partial charge in [-0.2, -0.15) is 0 Å². The van der Waals surface area contributed by atoms with Gasteiger partial charge in [-0.15, -0.1) is 0 Å². The van der Waals surface area contributed by atoms with Crippen molar-refractivity contribution in [1.82, 2.24) is 10.0 Å². The zero-order valence-corrected chi connectivity index (χ0v) is 13.8. The first-order valence-corrected chi connectivity index (χ1v) is 9.13. The van der Waals surface area contributed by atoms with Crippen LogP contribution in [0.5, 0.6) is 11.5 Å². The van der Waals surface area contributed by atoms with Gasteiger partial charge in [0.05, 0.1) is 4.90 Å². The number of piperidine rings is 1. The van der Waals surface area contributed by atoms with E-state index in [9.17, 15) is 13.2 Å². The van der Waals surface area contributed by atoms with E-state index in [1.165, 1.54) is 12.1 Å². The number of rotatable bonds is 5. The fraction of sp³-hybridized carbons (Fsp3) is 0.235. The van der Waals surface area contributed by atoms with Crippen LogP contribution in [0.4, 0.5) is 0 Å². The number of benzene rings is 2. The molecular weight excluding hydrogens is 328 g/mol. The van der Waals surface area contributed by atoms with Gasteiger partial charge in [-0.3, -0.25) is 4.79 Å². The summed E-state index contributed by atoms with van der Waals surface area (Å²) in [6.07, 6.45) is 0.831. The van der Waals surface area contributed by atoms with E-state index in [1.807, 2.05) is 30.3 Å². The summed E-state index contributed by atoms with van der Waals surface area (Å²) in [7, 11) is -3.62. The minimum atomic E-state index is -3.62. The zero-order valence-electron chi connectivity index (χ0n) is 12.9. The van der Waals surface area contributed by atoms with E-state index in [-0.39, 0.29) is 16.8 Å². The van der Waals surface area contributed by atoms with Crippen molar-refractivity contribution in [1.29, 1.82) is 0 Å². The van der Waals surface area contributed by atoms with Gasteiger partial charge >= 0.3 is 0 Å². The summed E-state index contributed by atoms with van der Waals surface area (Å²) in [5.41, 5.74) is 0. The van der Waals surface area contributed by atoms with Crippen LogP contribution in [0.25, 0.3) is 0 Å². The summed E-state index contributed by atoms with van der Waals surface area (Å²) < 4.78 is 33.0. The fourth-order valence-electron chi connectivity index (χ4n) is 2.43. The van der Waals surface area contributed by atoms with Gasteiger partial charge in [0.2, 0.25) is 15.9 Å². The molecule has 1 heterocycles. The van der Waals surface area contributed by atoms with Gasteiger partial charge in [0.25, 0.3) is 0 Å². The Labute approximate surface area is 140 Å². The summed E-state index contributed by atoms with van der Waals surface area (Å²) in [5.74, 6) is 1.20. The molecule has 1 aliphatic heterocycles. The van der Waals surface area contributed by atoms with E-state index in [4.69, 9.17) is 4.74 Å². The normalized spacial score (nSPS) is 18.0. The summed E-state index contributed by atoms with van der Waals surface area (Å²) in [5, 5.41) is 2.66. The van der Waals surface area contributed by atoms with Crippen molar-refractivity contribution in [2.75, 3.05) is 6.54 Å². The lowest BCUT2D eigenvalue weighted by atomic mass is 10.1. The molecule has 0 radical (unpaired) electrons. The number of para-hydroxylation sites is 1. The Morgan fingerprint density at radius 2 is 1.67 bits per heavy atom. The molecule has 6 nitrogen and oxygen atoms in total. The van der Waals surface area contributed by atoms with E-state index < -0.39 is 10.0 Å². The monoisotopic (exact) mass is 346 g/mol. The number of amides is 1. The molecule has 7 heteroatoms. The van der Waals surface area contributed by atoms with Gasteiger partial charge in [0.1, 0.15) is 11.5 Å². The van der Waals surface area contributed by atoms with Crippen molar-refractivity contribution in [2.45, 2.75) is 23.8 Å². The number of carbonyl (C=O) groups excluding carboxylic acids is 1. The van der Waals surface area contributed by atoms with Crippen LogP contribution in [0.15, 0.2) is 59.5 Å². The zero-order chi connectivity index (χ0) is 17.0. The number of ether oxygens (including phenoxy) is 1. The Hall–Kier alpha value is -2.38. The van der Waals surface area contributed by atoms with Crippen LogP contribution in [0.2, 0.25) is 0 Å². The molecule has 0 unspecified atom stereocenters.